The molecule has 2 heterocycles. The highest BCUT2D eigenvalue weighted by molar-refractivity contribution is 5.76. The molecule has 25 heavy (non-hydrogen) atoms. The van der Waals surface area contributed by atoms with E-state index < -0.39 is 11.4 Å². The highest BCUT2D eigenvalue weighted by Gasteiger charge is 2.54. The summed E-state index contributed by atoms with van der Waals surface area (Å²) in [5.74, 6) is -0.270. The summed E-state index contributed by atoms with van der Waals surface area (Å²) in [5, 5.41) is 9.80. The van der Waals surface area contributed by atoms with Crippen LogP contribution in [0.15, 0.2) is 24.3 Å². The highest BCUT2D eigenvalue weighted by Crippen LogP contribution is 2.49. The van der Waals surface area contributed by atoms with E-state index in [1.165, 1.54) is 11.3 Å². The van der Waals surface area contributed by atoms with Crippen LogP contribution in [0, 0.1) is 11.3 Å². The van der Waals surface area contributed by atoms with Crippen molar-refractivity contribution in [2.75, 3.05) is 37.7 Å². The molecule has 136 valence electrons. The molecule has 5 heteroatoms. The smallest absolute Gasteiger partial charge is 0.311 e. The number of para-hydroxylation sites is 1. The van der Waals surface area contributed by atoms with Gasteiger partial charge in [-0.3, -0.25) is 9.69 Å². The van der Waals surface area contributed by atoms with Gasteiger partial charge in [-0.15, -0.1) is 0 Å². The Hall–Kier alpha value is -1.59. The lowest BCUT2D eigenvalue weighted by Gasteiger charge is -2.34. The van der Waals surface area contributed by atoms with Crippen LogP contribution in [-0.2, 0) is 16.1 Å². The Kier molecular flexibility index (Phi) is 4.46. The number of carbonyl (C=O) groups is 1. The van der Waals surface area contributed by atoms with E-state index in [1.54, 1.807) is 0 Å². The fraction of sp³-hybridized carbons (Fsp3) is 0.650. The minimum atomic E-state index is -0.590. The number of likely N-dealkylation sites (tertiary alicyclic amines) is 1. The van der Waals surface area contributed by atoms with Crippen LogP contribution in [-0.4, -0.2) is 54.9 Å². The van der Waals surface area contributed by atoms with E-state index in [-0.39, 0.29) is 6.10 Å². The zero-order valence-corrected chi connectivity index (χ0v) is 15.0. The van der Waals surface area contributed by atoms with Crippen LogP contribution in [0.3, 0.4) is 0 Å². The summed E-state index contributed by atoms with van der Waals surface area (Å²) in [7, 11) is 0. The van der Waals surface area contributed by atoms with Gasteiger partial charge in [0.05, 0.1) is 18.1 Å². The van der Waals surface area contributed by atoms with Crippen LogP contribution in [0.25, 0.3) is 0 Å². The SMILES string of the molecule is CC1CN(c2ccccc2CN2C[C@@H]3CCC[C@@]3(C(=O)O)C2)CCO1. The molecule has 1 unspecified atom stereocenters. The topological polar surface area (TPSA) is 53.0 Å². The highest BCUT2D eigenvalue weighted by atomic mass is 16.5. The van der Waals surface area contributed by atoms with Crippen molar-refractivity contribution in [2.24, 2.45) is 11.3 Å². The molecule has 1 aliphatic carbocycles. The van der Waals surface area contributed by atoms with Crippen molar-refractivity contribution in [3.63, 3.8) is 0 Å². The molecular formula is C20H28N2O3. The Morgan fingerprint density at radius 1 is 1.36 bits per heavy atom. The molecule has 2 saturated heterocycles. The van der Waals surface area contributed by atoms with Gasteiger partial charge in [-0.05, 0) is 37.3 Å². The zero-order chi connectivity index (χ0) is 17.4. The van der Waals surface area contributed by atoms with Gasteiger partial charge in [0.25, 0.3) is 0 Å². The van der Waals surface area contributed by atoms with E-state index in [4.69, 9.17) is 4.74 Å². The number of ether oxygens (including phenoxy) is 1. The fourth-order valence-electron chi connectivity index (χ4n) is 5.09. The molecule has 0 aromatic heterocycles. The number of anilines is 1. The molecule has 3 atom stereocenters. The molecule has 3 aliphatic rings. The maximum Gasteiger partial charge on any atom is 0.311 e. The molecule has 3 fully saturated rings. The van der Waals surface area contributed by atoms with Gasteiger partial charge in [-0.2, -0.15) is 0 Å². The minimum Gasteiger partial charge on any atom is -0.481 e. The second kappa shape index (κ2) is 6.61. The summed E-state index contributed by atoms with van der Waals surface area (Å²) in [6, 6.07) is 8.57. The number of carboxylic acid groups (broad SMARTS) is 1. The predicted octanol–water partition coefficient (Wildman–Crippen LogP) is 2.60. The Labute approximate surface area is 149 Å². The first-order valence-electron chi connectivity index (χ1n) is 9.49. The first-order chi connectivity index (χ1) is 12.1. The van der Waals surface area contributed by atoms with Gasteiger partial charge in [0.15, 0.2) is 0 Å². The normalized spacial score (nSPS) is 32.8. The number of carboxylic acids is 1. The Morgan fingerprint density at radius 2 is 2.20 bits per heavy atom. The van der Waals surface area contributed by atoms with Crippen molar-refractivity contribution in [1.82, 2.24) is 4.90 Å². The first-order valence-corrected chi connectivity index (χ1v) is 9.49. The van der Waals surface area contributed by atoms with E-state index in [2.05, 4.69) is 41.0 Å². The van der Waals surface area contributed by atoms with Crippen molar-refractivity contribution in [2.45, 2.75) is 38.8 Å². The van der Waals surface area contributed by atoms with Gasteiger partial charge in [-0.1, -0.05) is 24.6 Å². The summed E-state index contributed by atoms with van der Waals surface area (Å²) < 4.78 is 5.68. The number of hydrogen-bond donors (Lipinski definition) is 1. The van der Waals surface area contributed by atoms with Crippen molar-refractivity contribution in [3.05, 3.63) is 29.8 Å². The molecule has 0 spiro atoms. The number of aliphatic carboxylic acids is 1. The Morgan fingerprint density at radius 3 is 2.96 bits per heavy atom. The first kappa shape index (κ1) is 16.9. The van der Waals surface area contributed by atoms with E-state index in [1.807, 2.05) is 0 Å². The second-order valence-corrected chi connectivity index (χ2v) is 7.98. The van der Waals surface area contributed by atoms with Crippen LogP contribution in [0.1, 0.15) is 31.7 Å². The van der Waals surface area contributed by atoms with Gasteiger partial charge >= 0.3 is 5.97 Å². The molecule has 2 aliphatic heterocycles. The molecule has 5 nitrogen and oxygen atoms in total. The predicted molar refractivity (Wildman–Crippen MR) is 96.8 cm³/mol. The van der Waals surface area contributed by atoms with E-state index >= 15 is 0 Å². The molecule has 4 rings (SSSR count). The third-order valence-electron chi connectivity index (χ3n) is 6.33. The molecule has 0 amide bonds. The van der Waals surface area contributed by atoms with Crippen LogP contribution >= 0.6 is 0 Å². The summed E-state index contributed by atoms with van der Waals surface area (Å²) in [6.07, 6.45) is 3.22. The Balaban J connectivity index is 1.51. The molecule has 0 bridgehead atoms. The van der Waals surface area contributed by atoms with Crippen LogP contribution in [0.2, 0.25) is 0 Å². The largest absolute Gasteiger partial charge is 0.481 e. The number of nitrogens with zero attached hydrogens (tertiary/aromatic N) is 2. The molecular weight excluding hydrogens is 316 g/mol. The molecule has 1 aromatic rings. The van der Waals surface area contributed by atoms with E-state index in [0.717, 1.165) is 52.0 Å². The van der Waals surface area contributed by atoms with Gasteiger partial charge < -0.3 is 14.7 Å². The summed E-state index contributed by atoms with van der Waals surface area (Å²) in [6.45, 7) is 7.17. The zero-order valence-electron chi connectivity index (χ0n) is 15.0. The maximum atomic E-state index is 11.9. The lowest BCUT2D eigenvalue weighted by molar-refractivity contribution is -0.149. The summed E-state index contributed by atoms with van der Waals surface area (Å²) >= 11 is 0. The van der Waals surface area contributed by atoms with Gasteiger partial charge in [0, 0.05) is 38.4 Å². The van der Waals surface area contributed by atoms with Gasteiger partial charge in [0.1, 0.15) is 0 Å². The fourth-order valence-corrected chi connectivity index (χ4v) is 5.09. The summed E-state index contributed by atoms with van der Waals surface area (Å²) in [5.41, 5.74) is 2.08. The third-order valence-corrected chi connectivity index (χ3v) is 6.33. The van der Waals surface area contributed by atoms with Gasteiger partial charge in [0.2, 0.25) is 0 Å². The number of rotatable bonds is 4. The van der Waals surface area contributed by atoms with Gasteiger partial charge in [-0.25, -0.2) is 0 Å². The number of hydrogen-bond acceptors (Lipinski definition) is 4. The lowest BCUT2D eigenvalue weighted by Crippen LogP contribution is -2.41. The van der Waals surface area contributed by atoms with Crippen LogP contribution in [0.5, 0.6) is 0 Å². The van der Waals surface area contributed by atoms with Crippen LogP contribution < -0.4 is 4.90 Å². The maximum absolute atomic E-state index is 11.9. The average Bonchev–Trinajstić information content (AvgIpc) is 3.13. The number of benzene rings is 1. The van der Waals surface area contributed by atoms with Crippen molar-refractivity contribution in [3.8, 4) is 0 Å². The molecule has 1 saturated carbocycles. The standard InChI is InChI=1S/C20H28N2O3/c1-15-11-22(9-10-25-15)18-7-3-2-5-16(18)12-21-13-17-6-4-8-20(17,14-21)19(23)24/h2-3,5,7,15,17H,4,6,8-14H2,1H3,(H,23,24)/t15?,17-,20+/m0/s1. The lowest BCUT2D eigenvalue weighted by atomic mass is 9.81. The molecule has 1 aromatic carbocycles. The van der Waals surface area contributed by atoms with Crippen LogP contribution in [0.4, 0.5) is 5.69 Å². The average molecular weight is 344 g/mol. The Bertz CT molecular complexity index is 650. The minimum absolute atomic E-state index is 0.253. The molecule has 1 N–H and O–H groups in total. The quantitative estimate of drug-likeness (QED) is 0.910. The molecule has 0 radical (unpaired) electrons. The number of fused-ring (bicyclic) bond motifs is 1. The van der Waals surface area contributed by atoms with E-state index in [0.29, 0.717) is 12.5 Å². The third kappa shape index (κ3) is 3.04. The van der Waals surface area contributed by atoms with E-state index in [9.17, 15) is 9.90 Å². The monoisotopic (exact) mass is 344 g/mol. The number of morpholine rings is 1. The summed E-state index contributed by atoms with van der Waals surface area (Å²) in [4.78, 5) is 16.7. The van der Waals surface area contributed by atoms with Crippen molar-refractivity contribution < 1.29 is 14.6 Å². The second-order valence-electron chi connectivity index (χ2n) is 7.98. The van der Waals surface area contributed by atoms with Crippen molar-refractivity contribution in [1.29, 1.82) is 0 Å². The van der Waals surface area contributed by atoms with Crippen molar-refractivity contribution >= 4 is 11.7 Å².